The van der Waals surface area contributed by atoms with E-state index in [1.165, 1.54) is 5.56 Å². The van der Waals surface area contributed by atoms with Gasteiger partial charge in [-0.15, -0.1) is 12.4 Å². The molecule has 0 aromatic heterocycles. The summed E-state index contributed by atoms with van der Waals surface area (Å²) in [6.45, 7) is 3.35. The summed E-state index contributed by atoms with van der Waals surface area (Å²) in [5, 5.41) is 4.85. The first-order chi connectivity index (χ1) is 14.0. The Hall–Kier alpha value is -1.23. The van der Waals surface area contributed by atoms with Crippen LogP contribution in [0.25, 0.3) is 0 Å². The number of hydrogen-bond donors (Lipinski definition) is 1. The molecule has 30 heavy (non-hydrogen) atoms. The predicted molar refractivity (Wildman–Crippen MR) is 133 cm³/mol. The average Bonchev–Trinajstić information content (AvgIpc) is 2.72. The van der Waals surface area contributed by atoms with Gasteiger partial charge in [-0.25, -0.2) is 0 Å². The normalized spacial score (nSPS) is 11.6. The second-order valence-electron chi connectivity index (χ2n) is 7.08. The van der Waals surface area contributed by atoms with Gasteiger partial charge in [0.05, 0.1) is 0 Å². The lowest BCUT2D eigenvalue weighted by Gasteiger charge is -2.17. The first kappa shape index (κ1) is 25.0. The first-order valence-corrected chi connectivity index (χ1v) is 11.2. The van der Waals surface area contributed by atoms with Crippen LogP contribution in [0.15, 0.2) is 71.2 Å². The number of aryl methyl sites for hydroxylation is 1. The predicted octanol–water partition coefficient (Wildman–Crippen LogP) is 7.87. The van der Waals surface area contributed by atoms with Crippen molar-refractivity contribution >= 4 is 51.5 Å². The van der Waals surface area contributed by atoms with E-state index in [9.17, 15) is 0 Å². The lowest BCUT2D eigenvalue weighted by atomic mass is 10.1. The van der Waals surface area contributed by atoms with Crippen LogP contribution in [0.5, 0.6) is 5.75 Å². The Bertz CT molecular complexity index is 937. The molecule has 0 fully saturated rings. The molecule has 0 spiro atoms. The van der Waals surface area contributed by atoms with Crippen molar-refractivity contribution in [2.24, 2.45) is 0 Å². The van der Waals surface area contributed by atoms with Gasteiger partial charge in [0.15, 0.2) is 0 Å². The van der Waals surface area contributed by atoms with Gasteiger partial charge in [0.1, 0.15) is 12.4 Å². The van der Waals surface area contributed by atoms with E-state index in [0.29, 0.717) is 22.7 Å². The van der Waals surface area contributed by atoms with Gasteiger partial charge < -0.3 is 10.1 Å². The van der Waals surface area contributed by atoms with Crippen molar-refractivity contribution in [2.45, 2.75) is 39.0 Å². The van der Waals surface area contributed by atoms with E-state index in [-0.39, 0.29) is 12.4 Å². The molecule has 1 atom stereocenters. The molecule has 1 unspecified atom stereocenters. The molecule has 0 aliphatic heterocycles. The molecule has 3 aromatic rings. The fourth-order valence-corrected chi connectivity index (χ4v) is 3.91. The molecule has 1 N–H and O–H groups in total. The molecule has 6 heteroatoms. The van der Waals surface area contributed by atoms with E-state index >= 15 is 0 Å². The molecule has 0 aliphatic rings. The Morgan fingerprint density at radius 2 is 1.73 bits per heavy atom. The highest BCUT2D eigenvalue weighted by Gasteiger charge is 2.09. The molecule has 0 saturated heterocycles. The van der Waals surface area contributed by atoms with Crippen LogP contribution in [-0.4, -0.2) is 6.04 Å². The average molecular weight is 530 g/mol. The largest absolute Gasteiger partial charge is 0.489 e. The Morgan fingerprint density at radius 3 is 2.47 bits per heavy atom. The van der Waals surface area contributed by atoms with Crippen molar-refractivity contribution in [1.82, 2.24) is 5.32 Å². The third-order valence-electron chi connectivity index (χ3n) is 4.77. The van der Waals surface area contributed by atoms with Gasteiger partial charge in [0.25, 0.3) is 0 Å². The molecule has 0 aliphatic carbocycles. The van der Waals surface area contributed by atoms with Gasteiger partial charge in [0, 0.05) is 38.2 Å². The monoisotopic (exact) mass is 527 g/mol. The highest BCUT2D eigenvalue weighted by Crippen LogP contribution is 2.27. The topological polar surface area (TPSA) is 21.3 Å². The zero-order chi connectivity index (χ0) is 20.6. The number of ether oxygens (including phenoxy) is 1. The smallest absolute Gasteiger partial charge is 0.124 e. The van der Waals surface area contributed by atoms with Crippen molar-refractivity contribution in [3.63, 3.8) is 0 Å². The Kier molecular flexibility index (Phi) is 10.5. The van der Waals surface area contributed by atoms with Crippen LogP contribution >= 0.6 is 51.5 Å². The standard InChI is InChI=1S/C24H24BrCl2NO.ClH/c1-17(7-8-18-5-3-2-4-6-18)28-15-20-13-21(25)10-12-24(20)29-16-19-9-11-22(26)14-23(19)27;/h2-6,9-14,17,28H,7-8,15-16H2,1H3;1H. The number of halogens is 4. The molecule has 0 heterocycles. The van der Waals surface area contributed by atoms with Crippen LogP contribution in [0.3, 0.4) is 0 Å². The highest BCUT2D eigenvalue weighted by atomic mass is 79.9. The zero-order valence-corrected chi connectivity index (χ0v) is 20.6. The summed E-state index contributed by atoms with van der Waals surface area (Å²) in [6, 6.07) is 22.5. The molecular formula is C24H25BrCl3NO. The van der Waals surface area contributed by atoms with E-state index in [4.69, 9.17) is 27.9 Å². The number of rotatable bonds is 9. The Morgan fingerprint density at radius 1 is 0.967 bits per heavy atom. The van der Waals surface area contributed by atoms with Gasteiger partial charge in [0.2, 0.25) is 0 Å². The van der Waals surface area contributed by atoms with Crippen molar-refractivity contribution in [2.75, 3.05) is 0 Å². The van der Waals surface area contributed by atoms with Crippen LogP contribution in [0, 0.1) is 0 Å². The minimum absolute atomic E-state index is 0. The summed E-state index contributed by atoms with van der Waals surface area (Å²) < 4.78 is 7.10. The van der Waals surface area contributed by atoms with Crippen LogP contribution < -0.4 is 10.1 Å². The molecule has 3 rings (SSSR count). The number of benzene rings is 3. The third-order valence-corrected chi connectivity index (χ3v) is 5.85. The van der Waals surface area contributed by atoms with Crippen molar-refractivity contribution in [3.8, 4) is 5.75 Å². The number of hydrogen-bond acceptors (Lipinski definition) is 2. The van der Waals surface area contributed by atoms with E-state index in [2.05, 4.69) is 64.6 Å². The van der Waals surface area contributed by atoms with Gasteiger partial charge in [-0.2, -0.15) is 0 Å². The third kappa shape index (κ3) is 7.79. The second kappa shape index (κ2) is 12.6. The minimum atomic E-state index is 0. The summed E-state index contributed by atoms with van der Waals surface area (Å²) in [5.41, 5.74) is 3.39. The molecule has 0 bridgehead atoms. The molecule has 2 nitrogen and oxygen atoms in total. The maximum Gasteiger partial charge on any atom is 0.124 e. The highest BCUT2D eigenvalue weighted by molar-refractivity contribution is 9.10. The Balaban J connectivity index is 0.00000320. The fourth-order valence-electron chi connectivity index (χ4n) is 3.04. The molecular weight excluding hydrogens is 505 g/mol. The minimum Gasteiger partial charge on any atom is -0.489 e. The van der Waals surface area contributed by atoms with E-state index in [0.717, 1.165) is 40.7 Å². The van der Waals surface area contributed by atoms with E-state index in [1.807, 2.05) is 24.3 Å². The summed E-state index contributed by atoms with van der Waals surface area (Å²) in [5.74, 6) is 0.849. The second-order valence-corrected chi connectivity index (χ2v) is 8.84. The molecule has 3 aromatic carbocycles. The quantitative estimate of drug-likeness (QED) is 0.305. The lowest BCUT2D eigenvalue weighted by molar-refractivity contribution is 0.301. The number of nitrogens with one attached hydrogen (secondary N) is 1. The van der Waals surface area contributed by atoms with Crippen LogP contribution in [0.2, 0.25) is 10.0 Å². The Labute approximate surface area is 203 Å². The van der Waals surface area contributed by atoms with Crippen LogP contribution in [0.1, 0.15) is 30.0 Å². The van der Waals surface area contributed by atoms with Gasteiger partial charge in [-0.3, -0.25) is 0 Å². The first-order valence-electron chi connectivity index (χ1n) is 9.63. The maximum atomic E-state index is 6.26. The maximum absolute atomic E-state index is 6.26. The molecule has 0 radical (unpaired) electrons. The van der Waals surface area contributed by atoms with Gasteiger partial charge in [-0.05, 0) is 55.7 Å². The van der Waals surface area contributed by atoms with Crippen molar-refractivity contribution in [3.05, 3.63) is 97.9 Å². The van der Waals surface area contributed by atoms with Gasteiger partial charge in [-0.1, -0.05) is 75.5 Å². The molecule has 0 saturated carbocycles. The van der Waals surface area contributed by atoms with Gasteiger partial charge >= 0.3 is 0 Å². The van der Waals surface area contributed by atoms with E-state index in [1.54, 1.807) is 6.07 Å². The summed E-state index contributed by atoms with van der Waals surface area (Å²) in [4.78, 5) is 0. The summed E-state index contributed by atoms with van der Waals surface area (Å²) in [7, 11) is 0. The van der Waals surface area contributed by atoms with E-state index < -0.39 is 0 Å². The lowest BCUT2D eigenvalue weighted by Crippen LogP contribution is -2.26. The molecule has 160 valence electrons. The summed E-state index contributed by atoms with van der Waals surface area (Å²) in [6.07, 6.45) is 2.14. The van der Waals surface area contributed by atoms with Crippen LogP contribution in [-0.2, 0) is 19.6 Å². The molecule has 0 amide bonds. The fraction of sp³-hybridized carbons (Fsp3) is 0.250. The summed E-state index contributed by atoms with van der Waals surface area (Å²) >= 11 is 15.8. The SMILES string of the molecule is CC(CCc1ccccc1)NCc1cc(Br)ccc1OCc1ccc(Cl)cc1Cl.Cl. The zero-order valence-electron chi connectivity index (χ0n) is 16.7. The van der Waals surface area contributed by atoms with Crippen molar-refractivity contribution in [1.29, 1.82) is 0 Å². The van der Waals surface area contributed by atoms with Crippen LogP contribution in [0.4, 0.5) is 0 Å². The van der Waals surface area contributed by atoms with Crippen molar-refractivity contribution < 1.29 is 4.74 Å².